The molecule has 0 fully saturated rings. The van der Waals surface area contributed by atoms with Gasteiger partial charge in [-0.25, -0.2) is 3.96 Å². The molecule has 0 spiro atoms. The number of nitrogens with two attached hydrogens (primary N) is 1. The second-order valence-corrected chi connectivity index (χ2v) is 5.87. The first kappa shape index (κ1) is 13.8. The van der Waals surface area contributed by atoms with Crippen molar-refractivity contribution in [1.29, 1.82) is 0 Å². The lowest BCUT2D eigenvalue weighted by molar-refractivity contribution is 0.413. The van der Waals surface area contributed by atoms with Crippen LogP contribution >= 0.6 is 23.8 Å². The van der Waals surface area contributed by atoms with Crippen molar-refractivity contribution in [2.75, 3.05) is 7.11 Å². The molecule has 106 valence electrons. The standard InChI is InChI=1S/C15H12N2O2S2/c1-19-12-8-9(14(16)20)6-7-11(12)17-15(18)10-4-2-3-5-13(10)21-17/h2-8H,1H3,(H2,16,20). The summed E-state index contributed by atoms with van der Waals surface area (Å²) in [5.41, 5.74) is 6.96. The van der Waals surface area contributed by atoms with Crippen LogP contribution in [0.3, 0.4) is 0 Å². The van der Waals surface area contributed by atoms with Crippen LogP contribution in [0.5, 0.6) is 5.75 Å². The minimum atomic E-state index is -0.0584. The van der Waals surface area contributed by atoms with Gasteiger partial charge in [0.05, 0.1) is 17.2 Å². The summed E-state index contributed by atoms with van der Waals surface area (Å²) in [7, 11) is 1.56. The molecule has 0 aliphatic carbocycles. The third kappa shape index (κ3) is 2.32. The van der Waals surface area contributed by atoms with Crippen molar-refractivity contribution in [1.82, 2.24) is 3.96 Å². The Labute approximate surface area is 130 Å². The monoisotopic (exact) mass is 316 g/mol. The number of benzene rings is 2. The van der Waals surface area contributed by atoms with E-state index < -0.39 is 0 Å². The molecule has 0 unspecified atom stereocenters. The Bertz CT molecular complexity index is 896. The van der Waals surface area contributed by atoms with Crippen LogP contribution in [-0.4, -0.2) is 16.1 Å². The smallest absolute Gasteiger partial charge is 0.273 e. The van der Waals surface area contributed by atoms with Crippen molar-refractivity contribution in [3.05, 3.63) is 58.4 Å². The molecule has 0 aliphatic heterocycles. The van der Waals surface area contributed by atoms with E-state index in [2.05, 4.69) is 0 Å². The van der Waals surface area contributed by atoms with Gasteiger partial charge in [0, 0.05) is 5.56 Å². The summed E-state index contributed by atoms with van der Waals surface area (Å²) in [6.45, 7) is 0. The van der Waals surface area contributed by atoms with E-state index >= 15 is 0 Å². The Balaban J connectivity index is 2.25. The first-order valence-corrected chi connectivity index (χ1v) is 7.39. The average Bonchev–Trinajstić information content (AvgIpc) is 2.84. The molecule has 3 rings (SSSR count). The fourth-order valence-electron chi connectivity index (χ4n) is 2.13. The van der Waals surface area contributed by atoms with Gasteiger partial charge in [0.25, 0.3) is 5.56 Å². The summed E-state index contributed by atoms with van der Waals surface area (Å²) in [4.78, 5) is 12.8. The van der Waals surface area contributed by atoms with Crippen LogP contribution in [0.1, 0.15) is 5.56 Å². The molecule has 0 radical (unpaired) electrons. The number of hydrogen-bond donors (Lipinski definition) is 1. The number of nitrogens with zero attached hydrogens (tertiary/aromatic N) is 1. The van der Waals surface area contributed by atoms with Crippen LogP contribution in [0.2, 0.25) is 0 Å². The molecule has 1 heterocycles. The molecule has 0 bridgehead atoms. The molecule has 4 nitrogen and oxygen atoms in total. The van der Waals surface area contributed by atoms with Crippen LogP contribution < -0.4 is 16.0 Å². The van der Waals surface area contributed by atoms with Crippen LogP contribution in [0.25, 0.3) is 15.8 Å². The number of fused-ring (bicyclic) bond motifs is 1. The highest BCUT2D eigenvalue weighted by atomic mass is 32.1. The van der Waals surface area contributed by atoms with E-state index in [1.54, 1.807) is 29.3 Å². The average molecular weight is 316 g/mol. The number of aromatic nitrogens is 1. The number of hydrogen-bond acceptors (Lipinski definition) is 4. The van der Waals surface area contributed by atoms with Gasteiger partial charge in [0.2, 0.25) is 0 Å². The maximum atomic E-state index is 12.5. The molecule has 6 heteroatoms. The van der Waals surface area contributed by atoms with Gasteiger partial charge >= 0.3 is 0 Å². The van der Waals surface area contributed by atoms with Crippen molar-refractivity contribution in [2.24, 2.45) is 5.73 Å². The quantitative estimate of drug-likeness (QED) is 0.755. The van der Waals surface area contributed by atoms with Crippen molar-refractivity contribution < 1.29 is 4.74 Å². The Morgan fingerprint density at radius 3 is 2.71 bits per heavy atom. The van der Waals surface area contributed by atoms with Crippen LogP contribution in [0, 0.1) is 0 Å². The Kier molecular flexibility index (Phi) is 3.48. The minimum absolute atomic E-state index is 0.0584. The minimum Gasteiger partial charge on any atom is -0.494 e. The van der Waals surface area contributed by atoms with Gasteiger partial charge < -0.3 is 10.5 Å². The highest BCUT2D eigenvalue weighted by molar-refractivity contribution is 7.80. The molecule has 1 aromatic heterocycles. The topological polar surface area (TPSA) is 57.2 Å². The summed E-state index contributed by atoms with van der Waals surface area (Å²) in [6.07, 6.45) is 0. The zero-order valence-corrected chi connectivity index (χ0v) is 12.8. The largest absolute Gasteiger partial charge is 0.494 e. The third-order valence-electron chi connectivity index (χ3n) is 3.17. The number of ether oxygens (including phenoxy) is 1. The molecule has 0 amide bonds. The van der Waals surface area contributed by atoms with Crippen molar-refractivity contribution in [3.63, 3.8) is 0 Å². The molecular weight excluding hydrogens is 304 g/mol. The molecular formula is C15H12N2O2S2. The normalized spacial score (nSPS) is 10.7. The molecule has 2 N–H and O–H groups in total. The summed E-state index contributed by atoms with van der Waals surface area (Å²) < 4.78 is 7.92. The zero-order chi connectivity index (χ0) is 15.0. The van der Waals surface area contributed by atoms with E-state index in [1.165, 1.54) is 11.5 Å². The van der Waals surface area contributed by atoms with E-state index in [0.717, 1.165) is 4.70 Å². The summed E-state index contributed by atoms with van der Waals surface area (Å²) >= 11 is 6.34. The predicted molar refractivity (Wildman–Crippen MR) is 89.9 cm³/mol. The maximum absolute atomic E-state index is 12.5. The molecule has 0 aliphatic rings. The van der Waals surface area contributed by atoms with Crippen molar-refractivity contribution in [3.8, 4) is 11.4 Å². The van der Waals surface area contributed by atoms with Gasteiger partial charge in [0.1, 0.15) is 16.4 Å². The fourth-order valence-corrected chi connectivity index (χ4v) is 3.28. The SMILES string of the molecule is COc1cc(C(N)=S)ccc1-n1sc2ccccc2c1=O. The highest BCUT2D eigenvalue weighted by Gasteiger charge is 2.13. The molecule has 21 heavy (non-hydrogen) atoms. The van der Waals surface area contributed by atoms with Gasteiger partial charge in [-0.15, -0.1) is 0 Å². The second kappa shape index (κ2) is 5.31. The van der Waals surface area contributed by atoms with Crippen LogP contribution in [-0.2, 0) is 0 Å². The lowest BCUT2D eigenvalue weighted by atomic mass is 10.2. The maximum Gasteiger partial charge on any atom is 0.273 e. The van der Waals surface area contributed by atoms with E-state index in [-0.39, 0.29) is 5.56 Å². The lowest BCUT2D eigenvalue weighted by Crippen LogP contribution is -2.13. The van der Waals surface area contributed by atoms with E-state index in [0.29, 0.717) is 27.4 Å². The summed E-state index contributed by atoms with van der Waals surface area (Å²) in [6, 6.07) is 12.8. The number of methoxy groups -OCH3 is 1. The van der Waals surface area contributed by atoms with Crippen LogP contribution in [0.15, 0.2) is 47.3 Å². The van der Waals surface area contributed by atoms with Gasteiger partial charge in [-0.05, 0) is 30.3 Å². The summed E-state index contributed by atoms with van der Waals surface area (Å²) in [5.74, 6) is 0.564. The van der Waals surface area contributed by atoms with Crippen molar-refractivity contribution >= 4 is 38.8 Å². The number of rotatable bonds is 3. The van der Waals surface area contributed by atoms with E-state index in [9.17, 15) is 4.79 Å². The highest BCUT2D eigenvalue weighted by Crippen LogP contribution is 2.27. The first-order chi connectivity index (χ1) is 10.1. The van der Waals surface area contributed by atoms with Gasteiger partial charge in [0.15, 0.2) is 0 Å². The molecule has 2 aromatic carbocycles. The van der Waals surface area contributed by atoms with E-state index in [1.807, 2.05) is 24.3 Å². The van der Waals surface area contributed by atoms with Gasteiger partial charge in [-0.3, -0.25) is 4.79 Å². The Morgan fingerprint density at radius 1 is 1.29 bits per heavy atom. The first-order valence-electron chi connectivity index (χ1n) is 6.21. The van der Waals surface area contributed by atoms with Gasteiger partial charge in [-0.2, -0.15) is 0 Å². The molecule has 0 saturated carbocycles. The molecule has 0 atom stereocenters. The Morgan fingerprint density at radius 2 is 2.05 bits per heavy atom. The Hall–Kier alpha value is -2.18. The van der Waals surface area contributed by atoms with Gasteiger partial charge in [-0.1, -0.05) is 35.9 Å². The van der Waals surface area contributed by atoms with Crippen molar-refractivity contribution in [2.45, 2.75) is 0 Å². The molecule has 3 aromatic rings. The third-order valence-corrected chi connectivity index (χ3v) is 4.51. The molecule has 0 saturated heterocycles. The predicted octanol–water partition coefficient (Wildman–Crippen LogP) is 2.70. The number of thiocarbonyl (C=S) groups is 1. The lowest BCUT2D eigenvalue weighted by Gasteiger charge is -2.09. The van der Waals surface area contributed by atoms with Crippen LogP contribution in [0.4, 0.5) is 0 Å². The second-order valence-electron chi connectivity index (χ2n) is 4.44. The van der Waals surface area contributed by atoms with E-state index in [4.69, 9.17) is 22.7 Å². The summed E-state index contributed by atoms with van der Waals surface area (Å²) in [5, 5.41) is 0.697. The zero-order valence-electron chi connectivity index (χ0n) is 11.2. The fraction of sp³-hybridized carbons (Fsp3) is 0.0667.